The Bertz CT molecular complexity index is 975. The average Bonchev–Trinajstić information content (AvgIpc) is 3.09. The van der Waals surface area contributed by atoms with E-state index in [1.165, 1.54) is 10.9 Å². The van der Waals surface area contributed by atoms with Crippen molar-refractivity contribution in [2.45, 2.75) is 39.4 Å². The smallest absolute Gasteiger partial charge is 0.261 e. The Balaban J connectivity index is 1.66. The predicted octanol–water partition coefficient (Wildman–Crippen LogP) is 1.62. The normalized spacial score (nSPS) is 11.2. The molecule has 3 rings (SSSR count). The maximum Gasteiger partial charge on any atom is 0.261 e. The zero-order chi connectivity index (χ0) is 18.7. The fourth-order valence-electron chi connectivity index (χ4n) is 2.78. The summed E-state index contributed by atoms with van der Waals surface area (Å²) in [7, 11) is 1.73. The first-order valence-electron chi connectivity index (χ1n) is 8.54. The second-order valence-electron chi connectivity index (χ2n) is 6.51. The molecular formula is C18H22N6O2. The highest BCUT2D eigenvalue weighted by Crippen LogP contribution is 2.09. The van der Waals surface area contributed by atoms with Gasteiger partial charge in [-0.2, -0.15) is 0 Å². The molecule has 0 bridgehead atoms. The third kappa shape index (κ3) is 3.63. The molecule has 0 saturated carbocycles. The Morgan fingerprint density at radius 3 is 2.77 bits per heavy atom. The molecule has 0 radical (unpaired) electrons. The molecule has 0 N–H and O–H groups in total. The largest absolute Gasteiger partial charge is 0.338 e. The highest BCUT2D eigenvalue weighted by Gasteiger charge is 2.15. The third-order valence-electron chi connectivity index (χ3n) is 4.31. The van der Waals surface area contributed by atoms with Gasteiger partial charge in [0, 0.05) is 26.1 Å². The summed E-state index contributed by atoms with van der Waals surface area (Å²) in [6.07, 6.45) is 3.37. The first kappa shape index (κ1) is 17.8. The molecule has 136 valence electrons. The Morgan fingerprint density at radius 1 is 1.23 bits per heavy atom. The lowest BCUT2D eigenvalue weighted by atomic mass is 10.2. The van der Waals surface area contributed by atoms with Crippen molar-refractivity contribution in [1.82, 2.24) is 29.2 Å². The highest BCUT2D eigenvalue weighted by atomic mass is 16.2. The molecule has 3 aromatic rings. The maximum atomic E-state index is 12.5. The topological polar surface area (TPSA) is 85.9 Å². The lowest BCUT2D eigenvalue weighted by molar-refractivity contribution is -0.130. The summed E-state index contributed by atoms with van der Waals surface area (Å²) in [6, 6.07) is 7.41. The number of rotatable bonds is 6. The number of amides is 1. The lowest BCUT2D eigenvalue weighted by Crippen LogP contribution is -2.30. The van der Waals surface area contributed by atoms with Crippen LogP contribution in [0.5, 0.6) is 0 Å². The van der Waals surface area contributed by atoms with Gasteiger partial charge in [-0.25, -0.2) is 4.98 Å². The van der Waals surface area contributed by atoms with Gasteiger partial charge in [0.1, 0.15) is 6.33 Å². The van der Waals surface area contributed by atoms with Gasteiger partial charge in [0.2, 0.25) is 5.91 Å². The summed E-state index contributed by atoms with van der Waals surface area (Å²) in [6.45, 7) is 4.74. The van der Waals surface area contributed by atoms with Crippen LogP contribution in [0.25, 0.3) is 10.9 Å². The molecule has 0 aliphatic carbocycles. The molecule has 0 atom stereocenters. The van der Waals surface area contributed by atoms with Gasteiger partial charge in [-0.3, -0.25) is 14.2 Å². The number of hydrogen-bond acceptors (Lipinski definition) is 5. The van der Waals surface area contributed by atoms with E-state index in [1.807, 2.05) is 24.5 Å². The van der Waals surface area contributed by atoms with E-state index in [4.69, 9.17) is 0 Å². The molecule has 8 heteroatoms. The van der Waals surface area contributed by atoms with Crippen LogP contribution in [0.4, 0.5) is 0 Å². The average molecular weight is 354 g/mol. The van der Waals surface area contributed by atoms with Crippen LogP contribution in [0.1, 0.15) is 32.1 Å². The summed E-state index contributed by atoms with van der Waals surface area (Å²) in [5.74, 6) is 0.670. The third-order valence-corrected chi connectivity index (χ3v) is 4.31. The van der Waals surface area contributed by atoms with E-state index in [9.17, 15) is 9.59 Å². The second-order valence-corrected chi connectivity index (χ2v) is 6.51. The molecule has 0 fully saturated rings. The van der Waals surface area contributed by atoms with E-state index < -0.39 is 0 Å². The highest BCUT2D eigenvalue weighted by molar-refractivity contribution is 5.77. The van der Waals surface area contributed by atoms with Crippen LogP contribution >= 0.6 is 0 Å². The first-order chi connectivity index (χ1) is 12.5. The number of aryl methyl sites for hydroxylation is 1. The summed E-state index contributed by atoms with van der Waals surface area (Å²) in [4.78, 5) is 30.8. The predicted molar refractivity (Wildman–Crippen MR) is 97.5 cm³/mol. The molecule has 2 aromatic heterocycles. The minimum Gasteiger partial charge on any atom is -0.338 e. The van der Waals surface area contributed by atoms with Gasteiger partial charge in [0.05, 0.1) is 23.8 Å². The van der Waals surface area contributed by atoms with Crippen molar-refractivity contribution in [3.05, 3.63) is 53.1 Å². The number of hydrogen-bond donors (Lipinski definition) is 0. The van der Waals surface area contributed by atoms with E-state index in [1.54, 1.807) is 36.5 Å². The maximum absolute atomic E-state index is 12.5. The first-order valence-corrected chi connectivity index (χ1v) is 8.54. The molecule has 1 amide bonds. The minimum absolute atomic E-state index is 0.0663. The van der Waals surface area contributed by atoms with E-state index >= 15 is 0 Å². The molecule has 0 spiro atoms. The van der Waals surface area contributed by atoms with Crippen molar-refractivity contribution in [3.63, 3.8) is 0 Å². The van der Waals surface area contributed by atoms with Gasteiger partial charge < -0.3 is 9.47 Å². The molecule has 0 aliphatic heterocycles. The van der Waals surface area contributed by atoms with Gasteiger partial charge in [-0.15, -0.1) is 10.2 Å². The molecule has 0 unspecified atom stereocenters. The van der Waals surface area contributed by atoms with Crippen LogP contribution in [-0.4, -0.2) is 42.2 Å². The molecule has 0 aliphatic rings. The number of aromatic nitrogens is 5. The summed E-state index contributed by atoms with van der Waals surface area (Å²) >= 11 is 0. The number of carbonyl (C=O) groups excluding carboxylic acids is 1. The zero-order valence-corrected chi connectivity index (χ0v) is 15.2. The monoisotopic (exact) mass is 354 g/mol. The van der Waals surface area contributed by atoms with Crippen LogP contribution in [0, 0.1) is 0 Å². The van der Waals surface area contributed by atoms with Crippen molar-refractivity contribution in [3.8, 4) is 0 Å². The molecular weight excluding hydrogens is 332 g/mol. The summed E-state index contributed by atoms with van der Waals surface area (Å²) in [5.41, 5.74) is 0.524. The second kappa shape index (κ2) is 7.47. The molecule has 1 aromatic carbocycles. The van der Waals surface area contributed by atoms with Gasteiger partial charge in [-0.05, 0) is 26.0 Å². The Hall–Kier alpha value is -3.03. The molecule has 2 heterocycles. The Kier molecular flexibility index (Phi) is 5.11. The standard InChI is InChI=1S/C18H22N6O2/c1-13(2)24-12-20-21-16(24)10-22(3)17(25)8-9-23-11-19-15-7-5-4-6-14(15)18(23)26/h4-7,11-13H,8-10H2,1-3H3. The van der Waals surface area contributed by atoms with Crippen molar-refractivity contribution < 1.29 is 4.79 Å². The SMILES string of the molecule is CC(C)n1cnnc1CN(C)C(=O)CCn1cnc2ccccc2c1=O. The number of carbonyl (C=O) groups is 1. The zero-order valence-electron chi connectivity index (χ0n) is 15.2. The number of para-hydroxylation sites is 1. The molecule has 0 saturated heterocycles. The van der Waals surface area contributed by atoms with E-state index in [0.717, 1.165) is 5.82 Å². The van der Waals surface area contributed by atoms with Gasteiger partial charge >= 0.3 is 0 Å². The Labute approximate surface area is 151 Å². The van der Waals surface area contributed by atoms with Crippen LogP contribution in [0.2, 0.25) is 0 Å². The van der Waals surface area contributed by atoms with E-state index in [0.29, 0.717) is 17.4 Å². The fourth-order valence-corrected chi connectivity index (χ4v) is 2.78. The molecule has 8 nitrogen and oxygen atoms in total. The number of fused-ring (bicyclic) bond motifs is 1. The number of benzene rings is 1. The number of nitrogens with zero attached hydrogens (tertiary/aromatic N) is 6. The minimum atomic E-state index is -0.134. The van der Waals surface area contributed by atoms with Crippen molar-refractivity contribution >= 4 is 16.8 Å². The van der Waals surface area contributed by atoms with Crippen molar-refractivity contribution in [1.29, 1.82) is 0 Å². The van der Waals surface area contributed by atoms with E-state index in [2.05, 4.69) is 15.2 Å². The van der Waals surface area contributed by atoms with Gasteiger partial charge in [0.25, 0.3) is 5.56 Å². The van der Waals surface area contributed by atoms with Crippen molar-refractivity contribution in [2.24, 2.45) is 0 Å². The summed E-state index contributed by atoms with van der Waals surface area (Å²) < 4.78 is 3.41. The molecule has 26 heavy (non-hydrogen) atoms. The lowest BCUT2D eigenvalue weighted by Gasteiger charge is -2.18. The van der Waals surface area contributed by atoms with Crippen LogP contribution in [0.15, 0.2) is 41.7 Å². The fraction of sp³-hybridized carbons (Fsp3) is 0.389. The van der Waals surface area contributed by atoms with Gasteiger partial charge in [0.15, 0.2) is 5.82 Å². The van der Waals surface area contributed by atoms with Gasteiger partial charge in [-0.1, -0.05) is 12.1 Å². The van der Waals surface area contributed by atoms with E-state index in [-0.39, 0.29) is 30.5 Å². The van der Waals surface area contributed by atoms with Crippen LogP contribution < -0.4 is 5.56 Å². The van der Waals surface area contributed by atoms with Crippen LogP contribution in [0.3, 0.4) is 0 Å². The quantitative estimate of drug-likeness (QED) is 0.671. The summed E-state index contributed by atoms with van der Waals surface area (Å²) in [5, 5.41) is 8.55. The Morgan fingerprint density at radius 2 is 2.00 bits per heavy atom. The van der Waals surface area contributed by atoms with Crippen molar-refractivity contribution in [2.75, 3.05) is 7.05 Å². The van der Waals surface area contributed by atoms with Crippen LogP contribution in [-0.2, 0) is 17.9 Å².